The number of hydrogen-bond donors (Lipinski definition) is 1. The fourth-order valence-electron chi connectivity index (χ4n) is 2.98. The Morgan fingerprint density at radius 2 is 2.00 bits per heavy atom. The Hall–Kier alpha value is -1.34. The van der Waals surface area contributed by atoms with E-state index in [2.05, 4.69) is 21.2 Å². The first kappa shape index (κ1) is 20.0. The van der Waals surface area contributed by atoms with Gasteiger partial charge in [-0.15, -0.1) is 0 Å². The number of amides is 1. The largest absolute Gasteiger partial charge is 0.489 e. The van der Waals surface area contributed by atoms with Crippen molar-refractivity contribution >= 4 is 21.8 Å². The molecule has 0 unspecified atom stereocenters. The van der Waals surface area contributed by atoms with Gasteiger partial charge in [0.2, 0.25) is 5.91 Å². The van der Waals surface area contributed by atoms with Crippen LogP contribution in [0.1, 0.15) is 39.5 Å². The molecule has 0 aromatic carbocycles. The van der Waals surface area contributed by atoms with Crippen molar-refractivity contribution in [2.75, 3.05) is 13.7 Å². The van der Waals surface area contributed by atoms with E-state index >= 15 is 0 Å². The zero-order chi connectivity index (χ0) is 18.6. The van der Waals surface area contributed by atoms with Crippen molar-refractivity contribution in [1.29, 1.82) is 0 Å². The molecule has 0 atom stereocenters. The van der Waals surface area contributed by atoms with Crippen molar-refractivity contribution in [1.82, 2.24) is 9.88 Å². The SMILES string of the molecule is COCC(C)(C)C(=O)N[C@H]1CC[C@H](Oc2cc(=O)n(C)cc2Br)CC1. The molecule has 1 fully saturated rings. The van der Waals surface area contributed by atoms with Gasteiger partial charge in [0.05, 0.1) is 22.6 Å². The number of aromatic nitrogens is 1. The van der Waals surface area contributed by atoms with Crippen LogP contribution in [0.15, 0.2) is 21.5 Å². The lowest BCUT2D eigenvalue weighted by molar-refractivity contribution is -0.133. The summed E-state index contributed by atoms with van der Waals surface area (Å²) in [7, 11) is 3.31. The summed E-state index contributed by atoms with van der Waals surface area (Å²) in [5, 5.41) is 3.12. The summed E-state index contributed by atoms with van der Waals surface area (Å²) in [5.41, 5.74) is -0.628. The molecule has 0 radical (unpaired) electrons. The third-order valence-corrected chi connectivity index (χ3v) is 5.16. The van der Waals surface area contributed by atoms with Crippen LogP contribution < -0.4 is 15.6 Å². The fourth-order valence-corrected chi connectivity index (χ4v) is 3.50. The minimum Gasteiger partial charge on any atom is -0.489 e. The van der Waals surface area contributed by atoms with Gasteiger partial charge in [-0.05, 0) is 55.5 Å². The molecule has 1 heterocycles. The fraction of sp³-hybridized carbons (Fsp3) is 0.667. The third-order valence-electron chi connectivity index (χ3n) is 4.57. The highest BCUT2D eigenvalue weighted by Gasteiger charge is 2.31. The van der Waals surface area contributed by atoms with E-state index in [0.29, 0.717) is 12.4 Å². The van der Waals surface area contributed by atoms with Crippen LogP contribution in [0.3, 0.4) is 0 Å². The van der Waals surface area contributed by atoms with Crippen molar-refractivity contribution in [3.8, 4) is 5.75 Å². The van der Waals surface area contributed by atoms with Crippen LogP contribution in [0, 0.1) is 5.41 Å². The quantitative estimate of drug-likeness (QED) is 0.776. The Morgan fingerprint density at radius 3 is 2.60 bits per heavy atom. The minimum atomic E-state index is -0.531. The molecule has 140 valence electrons. The molecular formula is C18H27BrN2O4. The Kier molecular flexibility index (Phi) is 6.68. The molecule has 2 rings (SSSR count). The monoisotopic (exact) mass is 414 g/mol. The molecule has 1 N–H and O–H groups in total. The van der Waals surface area contributed by atoms with E-state index in [1.54, 1.807) is 20.4 Å². The highest BCUT2D eigenvalue weighted by atomic mass is 79.9. The Labute approximate surface area is 157 Å². The van der Waals surface area contributed by atoms with Gasteiger partial charge in [0, 0.05) is 32.5 Å². The van der Waals surface area contributed by atoms with E-state index in [1.165, 1.54) is 10.6 Å². The topological polar surface area (TPSA) is 69.6 Å². The van der Waals surface area contributed by atoms with Gasteiger partial charge >= 0.3 is 0 Å². The second-order valence-corrected chi connectivity index (χ2v) is 8.17. The van der Waals surface area contributed by atoms with Crippen LogP contribution in [-0.2, 0) is 16.6 Å². The summed E-state index contributed by atoms with van der Waals surface area (Å²) in [6.07, 6.45) is 5.18. The maximum absolute atomic E-state index is 12.3. The van der Waals surface area contributed by atoms with E-state index in [4.69, 9.17) is 9.47 Å². The van der Waals surface area contributed by atoms with Crippen LogP contribution in [0.2, 0.25) is 0 Å². The van der Waals surface area contributed by atoms with E-state index in [9.17, 15) is 9.59 Å². The van der Waals surface area contributed by atoms with Crippen LogP contribution in [0.5, 0.6) is 5.75 Å². The highest BCUT2D eigenvalue weighted by Crippen LogP contribution is 2.28. The summed E-state index contributed by atoms with van der Waals surface area (Å²) in [4.78, 5) is 24.1. The average Bonchev–Trinajstić information content (AvgIpc) is 2.54. The van der Waals surface area contributed by atoms with E-state index < -0.39 is 5.41 Å². The molecular weight excluding hydrogens is 388 g/mol. The maximum atomic E-state index is 12.3. The molecule has 0 aliphatic heterocycles. The number of hydrogen-bond acceptors (Lipinski definition) is 4. The molecule has 1 amide bonds. The van der Waals surface area contributed by atoms with E-state index in [0.717, 1.165) is 30.2 Å². The Balaban J connectivity index is 1.87. The first-order valence-corrected chi connectivity index (χ1v) is 9.35. The maximum Gasteiger partial charge on any atom is 0.254 e. The van der Waals surface area contributed by atoms with Crippen LogP contribution in [0.25, 0.3) is 0 Å². The first-order chi connectivity index (χ1) is 11.7. The van der Waals surface area contributed by atoms with Gasteiger partial charge in [-0.25, -0.2) is 0 Å². The highest BCUT2D eigenvalue weighted by molar-refractivity contribution is 9.10. The van der Waals surface area contributed by atoms with Gasteiger partial charge in [-0.2, -0.15) is 0 Å². The number of pyridine rings is 1. The van der Waals surface area contributed by atoms with Crippen molar-refractivity contribution < 1.29 is 14.3 Å². The third kappa shape index (κ3) is 5.31. The second kappa shape index (κ2) is 8.36. The second-order valence-electron chi connectivity index (χ2n) is 7.32. The minimum absolute atomic E-state index is 0.0213. The zero-order valence-electron chi connectivity index (χ0n) is 15.3. The molecule has 1 aromatic rings. The summed E-state index contributed by atoms with van der Waals surface area (Å²) >= 11 is 3.44. The average molecular weight is 415 g/mol. The molecule has 1 aromatic heterocycles. The molecule has 6 nitrogen and oxygen atoms in total. The molecule has 7 heteroatoms. The van der Waals surface area contributed by atoms with Crippen molar-refractivity contribution in [2.45, 2.75) is 51.7 Å². The van der Waals surface area contributed by atoms with E-state index in [1.807, 2.05) is 13.8 Å². The normalized spacial score (nSPS) is 21.0. The molecule has 25 heavy (non-hydrogen) atoms. The lowest BCUT2D eigenvalue weighted by Crippen LogP contribution is -2.46. The summed E-state index contributed by atoms with van der Waals surface area (Å²) in [6.45, 7) is 4.16. The van der Waals surface area contributed by atoms with Gasteiger partial charge in [0.1, 0.15) is 5.75 Å². The lowest BCUT2D eigenvalue weighted by Gasteiger charge is -2.32. The number of rotatable bonds is 6. The van der Waals surface area contributed by atoms with Crippen LogP contribution >= 0.6 is 15.9 Å². The zero-order valence-corrected chi connectivity index (χ0v) is 16.9. The number of carbonyl (C=O) groups excluding carboxylic acids is 1. The number of carbonyl (C=O) groups is 1. The van der Waals surface area contributed by atoms with Gasteiger partial charge in [-0.1, -0.05) is 0 Å². The molecule has 1 aliphatic rings. The summed E-state index contributed by atoms with van der Waals surface area (Å²) in [6, 6.07) is 1.67. The summed E-state index contributed by atoms with van der Waals surface area (Å²) in [5.74, 6) is 0.602. The molecule has 1 saturated carbocycles. The van der Waals surface area contributed by atoms with Crippen LogP contribution in [0.4, 0.5) is 0 Å². The molecule has 0 spiro atoms. The van der Waals surface area contributed by atoms with Gasteiger partial charge in [0.25, 0.3) is 5.56 Å². The molecule has 0 saturated heterocycles. The van der Waals surface area contributed by atoms with Gasteiger partial charge in [-0.3, -0.25) is 9.59 Å². The predicted molar refractivity (Wildman–Crippen MR) is 99.9 cm³/mol. The van der Waals surface area contributed by atoms with Crippen molar-refractivity contribution in [3.05, 3.63) is 27.1 Å². The standard InChI is InChI=1S/C18H27BrN2O4/c1-18(2,11-24-4)17(23)20-12-5-7-13(8-6-12)25-15-9-16(22)21(3)10-14(15)19/h9-10,12-13H,5-8,11H2,1-4H3,(H,20,23)/t12-,13-. The number of ether oxygens (including phenoxy) is 2. The van der Waals surface area contributed by atoms with Crippen molar-refractivity contribution in [2.24, 2.45) is 12.5 Å². The molecule has 0 bridgehead atoms. The number of aryl methyl sites for hydroxylation is 1. The van der Waals surface area contributed by atoms with Gasteiger partial charge in [0.15, 0.2) is 0 Å². The Bertz CT molecular complexity index is 664. The molecule has 1 aliphatic carbocycles. The van der Waals surface area contributed by atoms with Crippen molar-refractivity contribution in [3.63, 3.8) is 0 Å². The smallest absolute Gasteiger partial charge is 0.254 e. The van der Waals surface area contributed by atoms with Gasteiger partial charge < -0.3 is 19.4 Å². The lowest BCUT2D eigenvalue weighted by atomic mass is 9.89. The number of halogens is 1. The van der Waals surface area contributed by atoms with E-state index in [-0.39, 0.29) is 23.6 Å². The first-order valence-electron chi connectivity index (χ1n) is 8.55. The number of nitrogens with zero attached hydrogens (tertiary/aromatic N) is 1. The summed E-state index contributed by atoms with van der Waals surface area (Å²) < 4.78 is 13.4. The number of nitrogens with one attached hydrogen (secondary N) is 1. The predicted octanol–water partition coefficient (Wildman–Crippen LogP) is 2.63. The Morgan fingerprint density at radius 1 is 1.36 bits per heavy atom. The number of methoxy groups -OCH3 is 1. The van der Waals surface area contributed by atoms with Crippen LogP contribution in [-0.4, -0.2) is 36.3 Å².